The van der Waals surface area contributed by atoms with E-state index in [-0.39, 0.29) is 5.54 Å². The van der Waals surface area contributed by atoms with Crippen LogP contribution >= 0.6 is 0 Å². The lowest BCUT2D eigenvalue weighted by Gasteiger charge is -2.49. The number of benzene rings is 1. The topological polar surface area (TPSA) is 50.6 Å². The van der Waals surface area contributed by atoms with Crippen LogP contribution in [0.15, 0.2) is 24.3 Å². The molecule has 4 rings (SSSR count). The number of hydrogen-bond donors (Lipinski definition) is 0. The van der Waals surface area contributed by atoms with E-state index in [0.29, 0.717) is 17.9 Å². The van der Waals surface area contributed by atoms with Crippen LogP contribution in [0.25, 0.3) is 0 Å². The van der Waals surface area contributed by atoms with E-state index in [4.69, 9.17) is 5.26 Å². The van der Waals surface area contributed by atoms with Gasteiger partial charge in [0.1, 0.15) is 0 Å². The largest absolute Gasteiger partial charge is 0.342 e. The van der Waals surface area contributed by atoms with Gasteiger partial charge in [0.15, 0.2) is 0 Å². The number of amides is 1. The van der Waals surface area contributed by atoms with Gasteiger partial charge >= 0.3 is 0 Å². The molecule has 0 bridgehead atoms. The van der Waals surface area contributed by atoms with Gasteiger partial charge in [-0.25, -0.2) is 0 Å². The van der Waals surface area contributed by atoms with E-state index in [0.717, 1.165) is 58.0 Å². The molecule has 1 amide bonds. The molecular weight excluding hydrogens is 336 g/mol. The van der Waals surface area contributed by atoms with E-state index < -0.39 is 0 Å². The highest BCUT2D eigenvalue weighted by molar-refractivity contribution is 5.76. The third-order valence-corrected chi connectivity index (χ3v) is 6.75. The number of piperazine rings is 1. The highest BCUT2D eigenvalue weighted by atomic mass is 16.2. The third kappa shape index (κ3) is 4.17. The molecule has 1 spiro atoms. The van der Waals surface area contributed by atoms with Crippen LogP contribution in [-0.4, -0.2) is 65.9 Å². The number of carbonyl (C=O) groups excluding carboxylic acids is 1. The van der Waals surface area contributed by atoms with Crippen molar-refractivity contribution in [2.45, 2.75) is 44.2 Å². The zero-order valence-corrected chi connectivity index (χ0v) is 16.4. The SMILES string of the molecule is CN1CCN(Cc2ccc(C#N)cc2)CC12CCC(=O)N(CC1CC1)CC2. The van der Waals surface area contributed by atoms with Gasteiger partial charge in [-0.1, -0.05) is 12.1 Å². The van der Waals surface area contributed by atoms with Crippen molar-refractivity contribution >= 4 is 5.91 Å². The number of carbonyl (C=O) groups is 1. The summed E-state index contributed by atoms with van der Waals surface area (Å²) in [7, 11) is 2.24. The molecule has 3 fully saturated rings. The summed E-state index contributed by atoms with van der Waals surface area (Å²) in [6, 6.07) is 10.1. The van der Waals surface area contributed by atoms with E-state index in [2.05, 4.69) is 39.9 Å². The molecule has 1 atom stereocenters. The number of nitrogens with zero attached hydrogens (tertiary/aromatic N) is 4. The number of hydrogen-bond acceptors (Lipinski definition) is 4. The molecule has 1 aliphatic carbocycles. The summed E-state index contributed by atoms with van der Waals surface area (Å²) in [6.07, 6.45) is 5.32. The van der Waals surface area contributed by atoms with E-state index in [1.165, 1.54) is 18.4 Å². The van der Waals surface area contributed by atoms with E-state index >= 15 is 0 Å². The van der Waals surface area contributed by atoms with E-state index in [1.54, 1.807) is 0 Å². The highest BCUT2D eigenvalue weighted by Crippen LogP contribution is 2.35. The van der Waals surface area contributed by atoms with Gasteiger partial charge in [0.05, 0.1) is 11.6 Å². The van der Waals surface area contributed by atoms with Crippen LogP contribution in [-0.2, 0) is 11.3 Å². The summed E-state index contributed by atoms with van der Waals surface area (Å²) in [5.41, 5.74) is 2.08. The molecule has 0 radical (unpaired) electrons. The maximum Gasteiger partial charge on any atom is 0.222 e. The van der Waals surface area contributed by atoms with Gasteiger partial charge in [0.2, 0.25) is 5.91 Å². The van der Waals surface area contributed by atoms with Crippen LogP contribution in [0.1, 0.15) is 43.2 Å². The van der Waals surface area contributed by atoms with Crippen molar-refractivity contribution in [2.24, 2.45) is 5.92 Å². The summed E-state index contributed by atoms with van der Waals surface area (Å²) in [5.74, 6) is 1.12. The van der Waals surface area contributed by atoms with Gasteiger partial charge in [0, 0.05) is 51.2 Å². The van der Waals surface area contributed by atoms with Gasteiger partial charge in [-0.2, -0.15) is 5.26 Å². The summed E-state index contributed by atoms with van der Waals surface area (Å²) in [6.45, 7) is 5.93. The minimum Gasteiger partial charge on any atom is -0.342 e. The molecule has 2 saturated heterocycles. The van der Waals surface area contributed by atoms with Crippen molar-refractivity contribution in [2.75, 3.05) is 39.8 Å². The zero-order valence-electron chi connectivity index (χ0n) is 16.4. The second kappa shape index (κ2) is 7.61. The fourth-order valence-electron chi connectivity index (χ4n) is 4.66. The van der Waals surface area contributed by atoms with Gasteiger partial charge < -0.3 is 4.90 Å². The van der Waals surface area contributed by atoms with Crippen molar-refractivity contribution in [1.29, 1.82) is 5.26 Å². The maximum absolute atomic E-state index is 12.6. The molecule has 2 heterocycles. The fourth-order valence-corrected chi connectivity index (χ4v) is 4.66. The average Bonchev–Trinajstić information content (AvgIpc) is 3.51. The standard InChI is InChI=1S/C22H30N4O/c1-24-12-13-25(15-19-4-2-18(14-23)3-5-19)17-22(24)9-8-21(27)26(11-10-22)16-20-6-7-20/h2-5,20H,6-13,15-17H2,1H3. The minimum atomic E-state index is 0.110. The quantitative estimate of drug-likeness (QED) is 0.821. The molecule has 144 valence electrons. The first-order valence-electron chi connectivity index (χ1n) is 10.3. The van der Waals surface area contributed by atoms with E-state index in [9.17, 15) is 4.79 Å². The highest BCUT2D eigenvalue weighted by Gasteiger charge is 2.42. The molecule has 1 aromatic rings. The Morgan fingerprint density at radius 2 is 1.93 bits per heavy atom. The smallest absolute Gasteiger partial charge is 0.222 e. The fraction of sp³-hybridized carbons (Fsp3) is 0.636. The molecule has 1 saturated carbocycles. The minimum absolute atomic E-state index is 0.110. The van der Waals surface area contributed by atoms with Crippen molar-refractivity contribution in [3.8, 4) is 6.07 Å². The molecule has 3 aliphatic rings. The first-order chi connectivity index (χ1) is 13.1. The number of rotatable bonds is 4. The Morgan fingerprint density at radius 1 is 1.15 bits per heavy atom. The van der Waals surface area contributed by atoms with Gasteiger partial charge in [-0.3, -0.25) is 14.6 Å². The normalized spacial score (nSPS) is 27.6. The Hall–Kier alpha value is -1.90. The molecular formula is C22H30N4O. The van der Waals surface area contributed by atoms with Crippen molar-refractivity contribution < 1.29 is 4.79 Å². The molecule has 27 heavy (non-hydrogen) atoms. The Morgan fingerprint density at radius 3 is 2.63 bits per heavy atom. The lowest BCUT2D eigenvalue weighted by Crippen LogP contribution is -2.60. The lowest BCUT2D eigenvalue weighted by atomic mass is 9.86. The van der Waals surface area contributed by atoms with Gasteiger partial charge in [0.25, 0.3) is 0 Å². The van der Waals surface area contributed by atoms with Crippen LogP contribution in [0.2, 0.25) is 0 Å². The number of likely N-dealkylation sites (N-methyl/N-ethyl adjacent to an activating group) is 1. The van der Waals surface area contributed by atoms with E-state index in [1.807, 2.05) is 12.1 Å². The van der Waals surface area contributed by atoms with Crippen molar-refractivity contribution in [1.82, 2.24) is 14.7 Å². The Balaban J connectivity index is 1.42. The third-order valence-electron chi connectivity index (χ3n) is 6.75. The van der Waals surface area contributed by atoms with Crippen LogP contribution in [0.4, 0.5) is 0 Å². The molecule has 0 N–H and O–H groups in total. The number of nitriles is 1. The van der Waals surface area contributed by atoms with Crippen LogP contribution < -0.4 is 0 Å². The van der Waals surface area contributed by atoms with Crippen molar-refractivity contribution in [3.05, 3.63) is 35.4 Å². The first-order valence-corrected chi connectivity index (χ1v) is 10.3. The Kier molecular flexibility index (Phi) is 5.21. The summed E-state index contributed by atoms with van der Waals surface area (Å²) in [5, 5.41) is 8.98. The van der Waals surface area contributed by atoms with Crippen LogP contribution in [0, 0.1) is 17.2 Å². The van der Waals surface area contributed by atoms with Gasteiger partial charge in [-0.15, -0.1) is 0 Å². The average molecular weight is 367 g/mol. The Bertz CT molecular complexity index is 721. The second-order valence-corrected chi connectivity index (χ2v) is 8.70. The molecule has 2 aliphatic heterocycles. The Labute approximate surface area is 162 Å². The monoisotopic (exact) mass is 366 g/mol. The number of likely N-dealkylation sites (tertiary alicyclic amines) is 1. The lowest BCUT2D eigenvalue weighted by molar-refractivity contribution is -0.131. The van der Waals surface area contributed by atoms with Crippen LogP contribution in [0.3, 0.4) is 0 Å². The molecule has 1 aromatic carbocycles. The summed E-state index contributed by atoms with van der Waals surface area (Å²) in [4.78, 5) is 19.8. The van der Waals surface area contributed by atoms with Crippen molar-refractivity contribution in [3.63, 3.8) is 0 Å². The van der Waals surface area contributed by atoms with Gasteiger partial charge in [-0.05, 0) is 56.3 Å². The maximum atomic E-state index is 12.6. The molecule has 0 aromatic heterocycles. The zero-order chi connectivity index (χ0) is 18.9. The second-order valence-electron chi connectivity index (χ2n) is 8.70. The first kappa shape index (κ1) is 18.5. The molecule has 1 unspecified atom stereocenters. The summed E-state index contributed by atoms with van der Waals surface area (Å²) >= 11 is 0. The summed E-state index contributed by atoms with van der Waals surface area (Å²) < 4.78 is 0. The van der Waals surface area contributed by atoms with Crippen LogP contribution in [0.5, 0.6) is 0 Å². The predicted molar refractivity (Wildman–Crippen MR) is 105 cm³/mol. The molecule has 5 nitrogen and oxygen atoms in total. The molecule has 5 heteroatoms. The predicted octanol–water partition coefficient (Wildman–Crippen LogP) is 2.47.